The molecule has 0 radical (unpaired) electrons. The Balaban J connectivity index is 2.82. The minimum atomic E-state index is -0.719. The Kier molecular flexibility index (Phi) is 2.82. The number of hydrogen-bond donors (Lipinski definition) is 1. The van der Waals surface area contributed by atoms with Crippen molar-refractivity contribution in [3.8, 4) is 0 Å². The van der Waals surface area contributed by atoms with Crippen LogP contribution < -0.4 is 0 Å². The first-order valence-corrected chi connectivity index (χ1v) is 4.29. The number of aliphatic hydroxyl groups is 1. The van der Waals surface area contributed by atoms with Gasteiger partial charge in [-0.15, -0.1) is 0 Å². The van der Waals surface area contributed by atoms with Crippen LogP contribution in [0.15, 0.2) is 24.5 Å². The van der Waals surface area contributed by atoms with Crippen molar-refractivity contribution >= 4 is 0 Å². The zero-order valence-electron chi connectivity index (χ0n) is 7.62. The Morgan fingerprint density at radius 2 is 2.33 bits per heavy atom. The molecule has 1 aromatic heterocycles. The summed E-state index contributed by atoms with van der Waals surface area (Å²) in [6.07, 6.45) is 5.18. The van der Waals surface area contributed by atoms with Crippen LogP contribution in [0.3, 0.4) is 0 Å². The molecule has 0 aromatic carbocycles. The van der Waals surface area contributed by atoms with Crippen LogP contribution in [0.2, 0.25) is 0 Å². The van der Waals surface area contributed by atoms with Crippen molar-refractivity contribution in [2.45, 2.75) is 32.3 Å². The van der Waals surface area contributed by atoms with E-state index in [1.807, 2.05) is 19.1 Å². The standard InChI is InChI=1S/C10H15NO/c1-3-6-10(2,12)9-5-4-7-11-8-9/h4-5,7-8,12H,3,6H2,1-2H3. The maximum Gasteiger partial charge on any atom is 0.0883 e. The van der Waals surface area contributed by atoms with Crippen molar-refractivity contribution in [2.75, 3.05) is 0 Å². The molecule has 0 saturated carbocycles. The molecule has 1 N–H and O–H groups in total. The Morgan fingerprint density at radius 1 is 1.58 bits per heavy atom. The average molecular weight is 165 g/mol. The van der Waals surface area contributed by atoms with Crippen molar-refractivity contribution in [1.82, 2.24) is 4.98 Å². The first kappa shape index (κ1) is 9.20. The van der Waals surface area contributed by atoms with E-state index in [2.05, 4.69) is 11.9 Å². The SMILES string of the molecule is CCCC(C)(O)c1cccnc1. The summed E-state index contributed by atoms with van der Waals surface area (Å²) in [7, 11) is 0. The summed E-state index contributed by atoms with van der Waals surface area (Å²) in [6.45, 7) is 3.89. The van der Waals surface area contributed by atoms with E-state index >= 15 is 0 Å². The van der Waals surface area contributed by atoms with E-state index in [0.29, 0.717) is 0 Å². The first-order chi connectivity index (χ1) is 5.67. The number of nitrogens with zero attached hydrogens (tertiary/aromatic N) is 1. The molecule has 12 heavy (non-hydrogen) atoms. The lowest BCUT2D eigenvalue weighted by atomic mass is 9.93. The summed E-state index contributed by atoms with van der Waals surface area (Å²) >= 11 is 0. The van der Waals surface area contributed by atoms with Gasteiger partial charge >= 0.3 is 0 Å². The van der Waals surface area contributed by atoms with Gasteiger partial charge in [-0.05, 0) is 19.4 Å². The molecule has 0 fully saturated rings. The zero-order chi connectivity index (χ0) is 9.03. The van der Waals surface area contributed by atoms with Crippen molar-refractivity contribution in [2.24, 2.45) is 0 Å². The van der Waals surface area contributed by atoms with Gasteiger partial charge in [-0.25, -0.2) is 0 Å². The Morgan fingerprint density at radius 3 is 2.83 bits per heavy atom. The van der Waals surface area contributed by atoms with Gasteiger partial charge in [0.05, 0.1) is 5.60 Å². The summed E-state index contributed by atoms with van der Waals surface area (Å²) in [5, 5.41) is 9.95. The van der Waals surface area contributed by atoms with E-state index in [4.69, 9.17) is 0 Å². The van der Waals surface area contributed by atoms with Gasteiger partial charge in [0.2, 0.25) is 0 Å². The highest BCUT2D eigenvalue weighted by Gasteiger charge is 2.21. The van der Waals surface area contributed by atoms with E-state index < -0.39 is 5.60 Å². The van der Waals surface area contributed by atoms with Gasteiger partial charge in [0.1, 0.15) is 0 Å². The number of hydrogen-bond acceptors (Lipinski definition) is 2. The molecule has 2 nitrogen and oxygen atoms in total. The van der Waals surface area contributed by atoms with Crippen molar-refractivity contribution in [3.63, 3.8) is 0 Å². The van der Waals surface area contributed by atoms with Crippen LogP contribution in [0, 0.1) is 0 Å². The molecule has 1 atom stereocenters. The molecule has 0 aliphatic carbocycles. The second kappa shape index (κ2) is 3.68. The minimum Gasteiger partial charge on any atom is -0.385 e. The van der Waals surface area contributed by atoms with Crippen LogP contribution in [-0.4, -0.2) is 10.1 Å². The number of pyridine rings is 1. The van der Waals surface area contributed by atoms with Crippen LogP contribution in [0.5, 0.6) is 0 Å². The number of rotatable bonds is 3. The molecule has 1 rings (SSSR count). The topological polar surface area (TPSA) is 33.1 Å². The Bertz CT molecular complexity index is 231. The molecule has 1 aromatic rings. The predicted octanol–water partition coefficient (Wildman–Crippen LogP) is 2.09. The second-order valence-corrected chi connectivity index (χ2v) is 3.27. The van der Waals surface area contributed by atoms with Gasteiger partial charge < -0.3 is 5.11 Å². The molecule has 66 valence electrons. The summed E-state index contributed by atoms with van der Waals surface area (Å²) < 4.78 is 0. The normalized spacial score (nSPS) is 15.6. The van der Waals surface area contributed by atoms with Crippen LogP contribution in [0.25, 0.3) is 0 Å². The van der Waals surface area contributed by atoms with Crippen LogP contribution in [0.4, 0.5) is 0 Å². The molecule has 0 saturated heterocycles. The Hall–Kier alpha value is -0.890. The quantitative estimate of drug-likeness (QED) is 0.744. The monoisotopic (exact) mass is 165 g/mol. The zero-order valence-corrected chi connectivity index (χ0v) is 7.62. The van der Waals surface area contributed by atoms with E-state index in [1.165, 1.54) is 0 Å². The highest BCUT2D eigenvalue weighted by molar-refractivity contribution is 5.16. The molecule has 1 unspecified atom stereocenters. The molecule has 0 amide bonds. The molecule has 1 heterocycles. The fourth-order valence-corrected chi connectivity index (χ4v) is 1.31. The highest BCUT2D eigenvalue weighted by Crippen LogP contribution is 2.24. The van der Waals surface area contributed by atoms with E-state index in [9.17, 15) is 5.11 Å². The minimum absolute atomic E-state index is 0.719. The van der Waals surface area contributed by atoms with E-state index in [0.717, 1.165) is 18.4 Å². The lowest BCUT2D eigenvalue weighted by molar-refractivity contribution is 0.0466. The van der Waals surface area contributed by atoms with E-state index in [1.54, 1.807) is 12.4 Å². The third-order valence-corrected chi connectivity index (χ3v) is 2.02. The molecular formula is C10H15NO. The van der Waals surface area contributed by atoms with Gasteiger partial charge in [0, 0.05) is 18.0 Å². The molecule has 2 heteroatoms. The van der Waals surface area contributed by atoms with Crippen LogP contribution >= 0.6 is 0 Å². The maximum atomic E-state index is 9.95. The molecule has 0 aliphatic rings. The summed E-state index contributed by atoms with van der Waals surface area (Å²) in [4.78, 5) is 3.97. The molecular weight excluding hydrogens is 150 g/mol. The largest absolute Gasteiger partial charge is 0.385 e. The maximum absolute atomic E-state index is 9.95. The fraction of sp³-hybridized carbons (Fsp3) is 0.500. The average Bonchev–Trinajstić information content (AvgIpc) is 2.06. The van der Waals surface area contributed by atoms with Crippen molar-refractivity contribution in [3.05, 3.63) is 30.1 Å². The summed E-state index contributed by atoms with van der Waals surface area (Å²) in [5.74, 6) is 0. The van der Waals surface area contributed by atoms with Crippen molar-refractivity contribution < 1.29 is 5.11 Å². The van der Waals surface area contributed by atoms with Gasteiger partial charge in [-0.2, -0.15) is 0 Å². The van der Waals surface area contributed by atoms with Gasteiger partial charge in [0.15, 0.2) is 0 Å². The van der Waals surface area contributed by atoms with Gasteiger partial charge in [0.25, 0.3) is 0 Å². The van der Waals surface area contributed by atoms with E-state index in [-0.39, 0.29) is 0 Å². The van der Waals surface area contributed by atoms with Gasteiger partial charge in [-0.1, -0.05) is 19.4 Å². The molecule has 0 spiro atoms. The lowest BCUT2D eigenvalue weighted by Crippen LogP contribution is -2.20. The molecule has 0 bridgehead atoms. The van der Waals surface area contributed by atoms with Gasteiger partial charge in [-0.3, -0.25) is 4.98 Å². The highest BCUT2D eigenvalue weighted by atomic mass is 16.3. The summed E-state index contributed by atoms with van der Waals surface area (Å²) in [6, 6.07) is 3.75. The third-order valence-electron chi connectivity index (χ3n) is 2.02. The van der Waals surface area contributed by atoms with Crippen LogP contribution in [-0.2, 0) is 5.60 Å². The second-order valence-electron chi connectivity index (χ2n) is 3.27. The first-order valence-electron chi connectivity index (χ1n) is 4.29. The predicted molar refractivity (Wildman–Crippen MR) is 48.7 cm³/mol. The smallest absolute Gasteiger partial charge is 0.0883 e. The van der Waals surface area contributed by atoms with Crippen LogP contribution in [0.1, 0.15) is 32.3 Å². The fourth-order valence-electron chi connectivity index (χ4n) is 1.31. The summed E-state index contributed by atoms with van der Waals surface area (Å²) in [5.41, 5.74) is 0.176. The molecule has 0 aliphatic heterocycles. The number of aromatic nitrogens is 1. The lowest BCUT2D eigenvalue weighted by Gasteiger charge is -2.22. The van der Waals surface area contributed by atoms with Crippen molar-refractivity contribution in [1.29, 1.82) is 0 Å². The third kappa shape index (κ3) is 2.05. The Labute approximate surface area is 73.3 Å².